The molecule has 0 saturated carbocycles. The molecule has 3 aliphatic rings. The minimum Gasteiger partial charge on any atom is -0.466 e. The quantitative estimate of drug-likeness (QED) is 0.0673. The Kier molecular flexibility index (Phi) is 17.9. The number of esters is 1. The highest BCUT2D eigenvalue weighted by molar-refractivity contribution is 5.81. The van der Waals surface area contributed by atoms with Crippen molar-refractivity contribution in [2.45, 2.75) is 231 Å². The Bertz CT molecular complexity index is 930. The summed E-state index contributed by atoms with van der Waals surface area (Å²) in [5.41, 5.74) is 0. The van der Waals surface area contributed by atoms with Crippen LogP contribution in [0.3, 0.4) is 0 Å². The van der Waals surface area contributed by atoms with Gasteiger partial charge in [0.25, 0.3) is 0 Å². The highest BCUT2D eigenvalue weighted by Crippen LogP contribution is 2.38. The first kappa shape index (κ1) is 41.4. The van der Waals surface area contributed by atoms with Gasteiger partial charge in [0.1, 0.15) is 0 Å². The Labute approximate surface area is 293 Å². The van der Waals surface area contributed by atoms with Crippen molar-refractivity contribution in [2.24, 2.45) is 0 Å². The standard InChI is InChI=1S/C40H72O8/c1-9-10-11-12-13-14-15-16-17-18-19-20-21-23-31-26-33(45-38(2,3)43-31)28-35-30-36(48-40(6,7)47-35)29-34-27-32(44-39(4,5)46-34)24-22-25-37(41)42-8/h22,25,31-36H,9-21,23-24,26-30H2,1-8H3/b25-22-/t31?,32-,33?,34-,35?,36?/m1/s1. The van der Waals surface area contributed by atoms with Gasteiger partial charge in [-0.2, -0.15) is 0 Å². The van der Waals surface area contributed by atoms with Crippen LogP contribution in [-0.2, 0) is 38.0 Å². The fourth-order valence-corrected chi connectivity index (χ4v) is 7.92. The zero-order valence-corrected chi connectivity index (χ0v) is 32.0. The largest absolute Gasteiger partial charge is 0.466 e. The Hall–Kier alpha value is -1.03. The number of ether oxygens (including phenoxy) is 7. The molecule has 0 aliphatic carbocycles. The van der Waals surface area contributed by atoms with Crippen LogP contribution in [0.15, 0.2) is 12.2 Å². The summed E-state index contributed by atoms with van der Waals surface area (Å²) in [5, 5.41) is 0. The van der Waals surface area contributed by atoms with Crippen LogP contribution in [0.25, 0.3) is 0 Å². The molecule has 48 heavy (non-hydrogen) atoms. The second-order valence-corrected chi connectivity index (χ2v) is 16.0. The van der Waals surface area contributed by atoms with Crippen molar-refractivity contribution in [3.05, 3.63) is 12.2 Å². The average Bonchev–Trinajstić information content (AvgIpc) is 2.97. The van der Waals surface area contributed by atoms with Crippen LogP contribution >= 0.6 is 0 Å². The minimum atomic E-state index is -0.712. The van der Waals surface area contributed by atoms with Gasteiger partial charge in [0, 0.05) is 38.2 Å². The first-order chi connectivity index (χ1) is 22.8. The fourth-order valence-electron chi connectivity index (χ4n) is 7.92. The van der Waals surface area contributed by atoms with E-state index in [0.717, 1.165) is 38.5 Å². The summed E-state index contributed by atoms with van der Waals surface area (Å²) >= 11 is 0. The molecule has 0 amide bonds. The number of carbonyl (C=O) groups excluding carboxylic acids is 1. The van der Waals surface area contributed by atoms with E-state index in [1.807, 2.05) is 33.8 Å². The van der Waals surface area contributed by atoms with Crippen molar-refractivity contribution in [1.29, 1.82) is 0 Å². The predicted molar refractivity (Wildman–Crippen MR) is 191 cm³/mol. The van der Waals surface area contributed by atoms with Crippen molar-refractivity contribution in [3.8, 4) is 0 Å². The summed E-state index contributed by atoms with van der Waals surface area (Å²) in [6, 6.07) is 0. The minimum absolute atomic E-state index is 0.00152. The van der Waals surface area contributed by atoms with Crippen LogP contribution in [0.4, 0.5) is 0 Å². The lowest BCUT2D eigenvalue weighted by Crippen LogP contribution is -2.51. The van der Waals surface area contributed by atoms with Gasteiger partial charge >= 0.3 is 5.97 Å². The van der Waals surface area contributed by atoms with E-state index in [4.69, 9.17) is 33.2 Å². The topological polar surface area (TPSA) is 81.7 Å². The summed E-state index contributed by atoms with van der Waals surface area (Å²) in [6.45, 7) is 14.3. The van der Waals surface area contributed by atoms with E-state index >= 15 is 0 Å². The number of hydrogen-bond donors (Lipinski definition) is 0. The third-order valence-electron chi connectivity index (χ3n) is 9.82. The molecule has 0 N–H and O–H groups in total. The molecule has 6 atom stereocenters. The highest BCUT2D eigenvalue weighted by Gasteiger charge is 2.43. The number of rotatable bonds is 21. The van der Waals surface area contributed by atoms with Crippen LogP contribution < -0.4 is 0 Å². The van der Waals surface area contributed by atoms with Gasteiger partial charge in [0.05, 0.1) is 43.7 Å². The lowest BCUT2D eigenvalue weighted by Gasteiger charge is -2.46. The monoisotopic (exact) mass is 681 g/mol. The second-order valence-electron chi connectivity index (χ2n) is 16.0. The van der Waals surface area contributed by atoms with E-state index in [-0.39, 0.29) is 42.6 Å². The highest BCUT2D eigenvalue weighted by atomic mass is 16.7. The predicted octanol–water partition coefficient (Wildman–Crippen LogP) is 10.1. The number of carbonyl (C=O) groups is 1. The van der Waals surface area contributed by atoms with Gasteiger partial charge in [0.15, 0.2) is 17.4 Å². The molecule has 8 heteroatoms. The molecule has 0 aromatic rings. The Morgan fingerprint density at radius 1 is 0.562 bits per heavy atom. The molecule has 8 nitrogen and oxygen atoms in total. The molecule has 4 unspecified atom stereocenters. The molecular weight excluding hydrogens is 608 g/mol. The molecule has 280 valence electrons. The summed E-state index contributed by atoms with van der Waals surface area (Å²) in [5.74, 6) is -2.35. The first-order valence-corrected chi connectivity index (χ1v) is 19.6. The third kappa shape index (κ3) is 16.8. The Morgan fingerprint density at radius 2 is 0.917 bits per heavy atom. The van der Waals surface area contributed by atoms with Crippen molar-refractivity contribution in [3.63, 3.8) is 0 Å². The van der Waals surface area contributed by atoms with Crippen molar-refractivity contribution in [1.82, 2.24) is 0 Å². The number of unbranched alkanes of at least 4 members (excludes halogenated alkanes) is 12. The van der Waals surface area contributed by atoms with E-state index in [1.54, 1.807) is 0 Å². The van der Waals surface area contributed by atoms with Gasteiger partial charge in [-0.05, 0) is 54.4 Å². The smallest absolute Gasteiger partial charge is 0.330 e. The van der Waals surface area contributed by atoms with Crippen LogP contribution in [0.5, 0.6) is 0 Å². The van der Waals surface area contributed by atoms with Gasteiger partial charge in [0.2, 0.25) is 0 Å². The molecule has 0 aromatic carbocycles. The van der Waals surface area contributed by atoms with Crippen LogP contribution in [0, 0.1) is 0 Å². The lowest BCUT2D eigenvalue weighted by molar-refractivity contribution is -0.334. The molecule has 3 rings (SSSR count). The molecule has 3 saturated heterocycles. The summed E-state index contributed by atoms with van der Waals surface area (Å²) in [7, 11) is 1.38. The van der Waals surface area contributed by atoms with Crippen LogP contribution in [0.1, 0.15) is 177 Å². The third-order valence-corrected chi connectivity index (χ3v) is 9.82. The second kappa shape index (κ2) is 20.7. The molecule has 3 aliphatic heterocycles. The zero-order valence-electron chi connectivity index (χ0n) is 32.0. The van der Waals surface area contributed by atoms with E-state index in [0.29, 0.717) is 6.42 Å². The molecule has 0 aromatic heterocycles. The Morgan fingerprint density at radius 3 is 1.35 bits per heavy atom. The molecule has 3 heterocycles. The van der Waals surface area contributed by atoms with Crippen molar-refractivity contribution >= 4 is 5.97 Å². The van der Waals surface area contributed by atoms with Crippen LogP contribution in [-0.4, -0.2) is 67.1 Å². The van der Waals surface area contributed by atoms with E-state index < -0.39 is 17.4 Å². The first-order valence-electron chi connectivity index (χ1n) is 19.6. The zero-order chi connectivity index (χ0) is 35.0. The normalized spacial score (nSPS) is 30.0. The Balaban J connectivity index is 1.40. The summed E-state index contributed by atoms with van der Waals surface area (Å²) in [4.78, 5) is 11.5. The lowest BCUT2D eigenvalue weighted by atomic mass is 9.93. The van der Waals surface area contributed by atoms with E-state index in [9.17, 15) is 4.79 Å². The summed E-state index contributed by atoms with van der Waals surface area (Å²) in [6.07, 6.45) is 27.1. The fraction of sp³-hybridized carbons (Fsp3) is 0.925. The SMILES string of the molecule is CCCCCCCCCCCCCCCC1CC(CC2CC(C[C@H]3C[C@@H](C/C=C\C(=O)OC)OC(C)(C)O3)OC(C)(C)O2)OC(C)(C)O1. The molecule has 3 fully saturated rings. The van der Waals surface area contributed by atoms with Crippen molar-refractivity contribution < 1.29 is 38.0 Å². The average molecular weight is 681 g/mol. The maximum absolute atomic E-state index is 11.5. The maximum Gasteiger partial charge on any atom is 0.330 e. The summed E-state index contributed by atoms with van der Waals surface area (Å²) < 4.78 is 43.0. The van der Waals surface area contributed by atoms with Gasteiger partial charge in [-0.3, -0.25) is 0 Å². The molecular formula is C40H72O8. The van der Waals surface area contributed by atoms with Crippen molar-refractivity contribution in [2.75, 3.05) is 7.11 Å². The van der Waals surface area contributed by atoms with Crippen LogP contribution in [0.2, 0.25) is 0 Å². The number of methoxy groups -OCH3 is 1. The number of hydrogen-bond acceptors (Lipinski definition) is 8. The molecule has 0 bridgehead atoms. The molecule has 0 spiro atoms. The maximum atomic E-state index is 11.5. The van der Waals surface area contributed by atoms with Gasteiger partial charge in [-0.1, -0.05) is 96.5 Å². The van der Waals surface area contributed by atoms with Gasteiger partial charge in [-0.25, -0.2) is 4.79 Å². The van der Waals surface area contributed by atoms with Gasteiger partial charge in [-0.15, -0.1) is 0 Å². The molecule has 0 radical (unpaired) electrons. The van der Waals surface area contributed by atoms with E-state index in [2.05, 4.69) is 20.8 Å². The van der Waals surface area contributed by atoms with E-state index in [1.165, 1.54) is 96.7 Å². The van der Waals surface area contributed by atoms with Gasteiger partial charge < -0.3 is 33.2 Å².